The van der Waals surface area contributed by atoms with Crippen LogP contribution in [0.15, 0.2) is 47.4 Å². The molecular formula is C17H21NO5S. The summed E-state index contributed by atoms with van der Waals surface area (Å²) in [6.45, 7) is 1.76. The van der Waals surface area contributed by atoms with Crippen molar-refractivity contribution in [3.8, 4) is 17.2 Å². The van der Waals surface area contributed by atoms with Gasteiger partial charge in [0.25, 0.3) is 0 Å². The first-order chi connectivity index (χ1) is 11.4. The van der Waals surface area contributed by atoms with Crippen molar-refractivity contribution in [1.29, 1.82) is 0 Å². The van der Waals surface area contributed by atoms with Crippen molar-refractivity contribution in [2.75, 3.05) is 21.3 Å². The van der Waals surface area contributed by atoms with Gasteiger partial charge in [-0.1, -0.05) is 18.2 Å². The monoisotopic (exact) mass is 351 g/mol. The zero-order valence-corrected chi connectivity index (χ0v) is 14.9. The Hall–Kier alpha value is -2.25. The molecule has 0 aliphatic rings. The maximum absolute atomic E-state index is 12.6. The summed E-state index contributed by atoms with van der Waals surface area (Å²) < 4.78 is 43.5. The van der Waals surface area contributed by atoms with Crippen LogP contribution in [0.3, 0.4) is 0 Å². The minimum atomic E-state index is -3.73. The third kappa shape index (κ3) is 3.80. The van der Waals surface area contributed by atoms with E-state index in [1.54, 1.807) is 26.2 Å². The fourth-order valence-electron chi connectivity index (χ4n) is 2.37. The normalized spacial score (nSPS) is 12.5. The average molecular weight is 351 g/mol. The molecule has 130 valence electrons. The van der Waals surface area contributed by atoms with Gasteiger partial charge in [-0.3, -0.25) is 0 Å². The predicted octanol–water partition coefficient (Wildman–Crippen LogP) is 2.75. The lowest BCUT2D eigenvalue weighted by atomic mass is 10.1. The largest absolute Gasteiger partial charge is 0.496 e. The number of benzene rings is 2. The molecule has 0 fully saturated rings. The van der Waals surface area contributed by atoms with Crippen molar-refractivity contribution < 1.29 is 22.6 Å². The van der Waals surface area contributed by atoms with Gasteiger partial charge in [0.1, 0.15) is 5.75 Å². The molecule has 7 heteroatoms. The van der Waals surface area contributed by atoms with Crippen molar-refractivity contribution in [3.63, 3.8) is 0 Å². The highest BCUT2D eigenvalue weighted by Gasteiger charge is 2.21. The van der Waals surface area contributed by atoms with Crippen LogP contribution in [0, 0.1) is 0 Å². The zero-order chi connectivity index (χ0) is 17.7. The second-order valence-electron chi connectivity index (χ2n) is 5.10. The molecule has 0 aliphatic heterocycles. The van der Waals surface area contributed by atoms with Gasteiger partial charge in [0.05, 0.1) is 26.2 Å². The van der Waals surface area contributed by atoms with Crippen LogP contribution in [0.4, 0.5) is 0 Å². The van der Waals surface area contributed by atoms with Crippen LogP contribution in [-0.2, 0) is 10.0 Å². The van der Waals surface area contributed by atoms with E-state index in [1.165, 1.54) is 26.4 Å². The smallest absolute Gasteiger partial charge is 0.241 e. The number of nitrogens with one attached hydrogen (secondary N) is 1. The molecule has 0 bridgehead atoms. The summed E-state index contributed by atoms with van der Waals surface area (Å²) in [6, 6.07) is 11.3. The maximum Gasteiger partial charge on any atom is 0.241 e. The summed E-state index contributed by atoms with van der Waals surface area (Å²) >= 11 is 0. The number of methoxy groups -OCH3 is 3. The van der Waals surface area contributed by atoms with Gasteiger partial charge in [-0.2, -0.15) is 0 Å². The lowest BCUT2D eigenvalue weighted by Crippen LogP contribution is -2.27. The molecule has 2 aromatic carbocycles. The summed E-state index contributed by atoms with van der Waals surface area (Å²) in [5.41, 5.74) is 0.754. The number of ether oxygens (including phenoxy) is 3. The zero-order valence-electron chi connectivity index (χ0n) is 14.1. The summed E-state index contributed by atoms with van der Waals surface area (Å²) in [4.78, 5) is 0.0990. The minimum Gasteiger partial charge on any atom is -0.496 e. The molecule has 0 saturated carbocycles. The van der Waals surface area contributed by atoms with Crippen molar-refractivity contribution in [3.05, 3.63) is 48.0 Å². The third-order valence-corrected chi connectivity index (χ3v) is 5.14. The Morgan fingerprint density at radius 1 is 0.875 bits per heavy atom. The molecule has 0 amide bonds. The first-order valence-electron chi connectivity index (χ1n) is 7.30. The second kappa shape index (κ2) is 7.55. The van der Waals surface area contributed by atoms with E-state index in [-0.39, 0.29) is 4.90 Å². The molecule has 24 heavy (non-hydrogen) atoms. The van der Waals surface area contributed by atoms with E-state index < -0.39 is 16.1 Å². The fourth-order valence-corrected chi connectivity index (χ4v) is 3.61. The van der Waals surface area contributed by atoms with Crippen LogP contribution in [0.1, 0.15) is 18.5 Å². The maximum atomic E-state index is 12.6. The van der Waals surface area contributed by atoms with Crippen LogP contribution in [0.25, 0.3) is 0 Å². The van der Waals surface area contributed by atoms with E-state index in [4.69, 9.17) is 14.2 Å². The molecule has 0 spiro atoms. The molecule has 1 atom stereocenters. The highest BCUT2D eigenvalue weighted by atomic mass is 32.2. The highest BCUT2D eigenvalue weighted by Crippen LogP contribution is 2.31. The van der Waals surface area contributed by atoms with Gasteiger partial charge in [-0.25, -0.2) is 13.1 Å². The number of hydrogen-bond acceptors (Lipinski definition) is 5. The van der Waals surface area contributed by atoms with Gasteiger partial charge in [-0.15, -0.1) is 0 Å². The van der Waals surface area contributed by atoms with E-state index in [0.717, 1.165) is 5.56 Å². The lowest BCUT2D eigenvalue weighted by Gasteiger charge is -2.18. The molecule has 0 heterocycles. The van der Waals surface area contributed by atoms with E-state index in [0.29, 0.717) is 17.2 Å². The van der Waals surface area contributed by atoms with Crippen molar-refractivity contribution in [2.45, 2.75) is 17.9 Å². The Balaban J connectivity index is 2.31. The van der Waals surface area contributed by atoms with Crippen LogP contribution >= 0.6 is 0 Å². The first kappa shape index (κ1) is 18.1. The molecular weight excluding hydrogens is 330 g/mol. The lowest BCUT2D eigenvalue weighted by molar-refractivity contribution is 0.354. The van der Waals surface area contributed by atoms with Gasteiger partial charge in [0.2, 0.25) is 10.0 Å². The molecule has 2 rings (SSSR count). The Kier molecular flexibility index (Phi) is 5.69. The topological polar surface area (TPSA) is 73.9 Å². The summed E-state index contributed by atoms with van der Waals surface area (Å²) in [5.74, 6) is 1.44. The molecule has 0 radical (unpaired) electrons. The van der Waals surface area contributed by atoms with E-state index in [1.807, 2.05) is 18.2 Å². The third-order valence-electron chi connectivity index (χ3n) is 3.60. The predicted molar refractivity (Wildman–Crippen MR) is 91.3 cm³/mol. The number of hydrogen-bond donors (Lipinski definition) is 1. The molecule has 2 aromatic rings. The average Bonchev–Trinajstić information content (AvgIpc) is 2.60. The Bertz CT molecular complexity index is 804. The van der Waals surface area contributed by atoms with E-state index in [9.17, 15) is 8.42 Å². The van der Waals surface area contributed by atoms with Gasteiger partial charge >= 0.3 is 0 Å². The number of rotatable bonds is 7. The van der Waals surface area contributed by atoms with Gasteiger partial charge in [0, 0.05) is 17.7 Å². The van der Waals surface area contributed by atoms with Crippen LogP contribution < -0.4 is 18.9 Å². The van der Waals surface area contributed by atoms with Gasteiger partial charge < -0.3 is 14.2 Å². The highest BCUT2D eigenvalue weighted by molar-refractivity contribution is 7.89. The van der Waals surface area contributed by atoms with Crippen molar-refractivity contribution in [2.24, 2.45) is 0 Å². The quantitative estimate of drug-likeness (QED) is 0.830. The summed E-state index contributed by atoms with van der Waals surface area (Å²) in [6.07, 6.45) is 0. The number of para-hydroxylation sites is 1. The van der Waals surface area contributed by atoms with Crippen LogP contribution in [0.2, 0.25) is 0 Å². The van der Waals surface area contributed by atoms with Gasteiger partial charge in [-0.05, 0) is 25.1 Å². The van der Waals surface area contributed by atoms with Gasteiger partial charge in [0.15, 0.2) is 11.5 Å². The SMILES string of the molecule is COc1ccc(S(=O)(=O)N[C@@H](C)c2ccccc2OC)cc1OC. The first-order valence-corrected chi connectivity index (χ1v) is 8.78. The Morgan fingerprint density at radius 3 is 2.12 bits per heavy atom. The summed E-state index contributed by atoms with van der Waals surface area (Å²) in [5, 5.41) is 0. The molecule has 0 saturated heterocycles. The molecule has 0 unspecified atom stereocenters. The van der Waals surface area contributed by atoms with Crippen molar-refractivity contribution >= 4 is 10.0 Å². The molecule has 1 N–H and O–H groups in total. The minimum absolute atomic E-state index is 0.0990. The molecule has 6 nitrogen and oxygen atoms in total. The summed E-state index contributed by atoms with van der Waals surface area (Å²) in [7, 11) is 0.770. The van der Waals surface area contributed by atoms with Crippen molar-refractivity contribution in [1.82, 2.24) is 4.72 Å². The van der Waals surface area contributed by atoms with Crippen LogP contribution in [-0.4, -0.2) is 29.7 Å². The Morgan fingerprint density at radius 2 is 1.50 bits per heavy atom. The van der Waals surface area contributed by atoms with E-state index >= 15 is 0 Å². The molecule has 0 aromatic heterocycles. The van der Waals surface area contributed by atoms with Crippen LogP contribution in [0.5, 0.6) is 17.2 Å². The fraction of sp³-hybridized carbons (Fsp3) is 0.294. The second-order valence-corrected chi connectivity index (χ2v) is 6.82. The molecule has 0 aliphatic carbocycles. The Labute approximate surface area is 142 Å². The van der Waals surface area contributed by atoms with E-state index in [2.05, 4.69) is 4.72 Å². The standard InChI is InChI=1S/C17H21NO5S/c1-12(14-7-5-6-8-15(14)21-2)18-24(19,20)13-9-10-16(22-3)17(11-13)23-4/h5-12,18H,1-4H3/t12-/m0/s1. The number of sulfonamides is 1.